The molecule has 8 nitrogen and oxygen atoms in total. The number of para-hydroxylation sites is 1. The van der Waals surface area contributed by atoms with Gasteiger partial charge in [0.15, 0.2) is 0 Å². The van der Waals surface area contributed by atoms with Crippen LogP contribution in [0.15, 0.2) is 48.5 Å². The van der Waals surface area contributed by atoms with Crippen LogP contribution in [0.25, 0.3) is 0 Å². The molecule has 0 aromatic heterocycles. The zero-order valence-corrected chi connectivity index (χ0v) is 17.8. The molecular weight excluding hydrogens is 410 g/mol. The summed E-state index contributed by atoms with van der Waals surface area (Å²) in [6.45, 7) is 4.16. The Kier molecular flexibility index (Phi) is 6.82. The average Bonchev–Trinajstić information content (AvgIpc) is 2.89. The van der Waals surface area contributed by atoms with Crippen molar-refractivity contribution in [3.05, 3.63) is 65.2 Å². The van der Waals surface area contributed by atoms with E-state index in [4.69, 9.17) is 4.74 Å². The number of nitrogens with zero attached hydrogens (tertiary/aromatic N) is 2. The van der Waals surface area contributed by atoms with Gasteiger partial charge in [0.2, 0.25) is 5.91 Å². The number of carboxylic acids is 1. The van der Waals surface area contributed by atoms with Gasteiger partial charge in [0, 0.05) is 43.3 Å². The fraction of sp³-hybridized carbons (Fsp3) is 0.375. The van der Waals surface area contributed by atoms with Crippen LogP contribution < -0.4 is 10.2 Å². The predicted octanol–water partition coefficient (Wildman–Crippen LogP) is 1.70. The summed E-state index contributed by atoms with van der Waals surface area (Å²) in [7, 11) is 0. The second kappa shape index (κ2) is 9.93. The number of benzene rings is 2. The van der Waals surface area contributed by atoms with Crippen molar-refractivity contribution < 1.29 is 24.2 Å². The van der Waals surface area contributed by atoms with Crippen LogP contribution in [0.2, 0.25) is 0 Å². The highest BCUT2D eigenvalue weighted by molar-refractivity contribution is 6.11. The molecule has 168 valence electrons. The van der Waals surface area contributed by atoms with Crippen molar-refractivity contribution in [2.75, 3.05) is 50.8 Å². The maximum absolute atomic E-state index is 13.5. The first kappa shape index (κ1) is 22.0. The fourth-order valence-electron chi connectivity index (χ4n) is 4.38. The third-order valence-electron chi connectivity index (χ3n) is 5.95. The number of hydrogen-bond acceptors (Lipinski definition) is 5. The summed E-state index contributed by atoms with van der Waals surface area (Å²) in [4.78, 5) is 41.5. The van der Waals surface area contributed by atoms with Gasteiger partial charge in [-0.1, -0.05) is 36.4 Å². The Morgan fingerprint density at radius 2 is 1.72 bits per heavy atom. The second-order valence-corrected chi connectivity index (χ2v) is 7.99. The Bertz CT molecular complexity index is 1000. The zero-order chi connectivity index (χ0) is 22.5. The van der Waals surface area contributed by atoms with Crippen LogP contribution in [-0.2, 0) is 14.3 Å². The molecule has 8 heteroatoms. The van der Waals surface area contributed by atoms with Crippen molar-refractivity contribution in [3.8, 4) is 0 Å². The third-order valence-corrected chi connectivity index (χ3v) is 5.95. The van der Waals surface area contributed by atoms with Gasteiger partial charge in [-0.25, -0.2) is 0 Å². The molecule has 4 rings (SSSR count). The van der Waals surface area contributed by atoms with Gasteiger partial charge in [-0.15, -0.1) is 0 Å². The van der Waals surface area contributed by atoms with Crippen LogP contribution in [0.1, 0.15) is 33.8 Å². The molecule has 0 spiro atoms. The van der Waals surface area contributed by atoms with E-state index < -0.39 is 11.9 Å². The quantitative estimate of drug-likeness (QED) is 0.684. The Balaban J connectivity index is 1.56. The highest BCUT2D eigenvalue weighted by atomic mass is 16.5. The van der Waals surface area contributed by atoms with Crippen LogP contribution >= 0.6 is 0 Å². The molecular formula is C24H27N3O5. The number of amides is 2. The van der Waals surface area contributed by atoms with E-state index in [2.05, 4.69) is 10.2 Å². The van der Waals surface area contributed by atoms with E-state index in [0.717, 1.165) is 25.2 Å². The van der Waals surface area contributed by atoms with Gasteiger partial charge in [-0.3, -0.25) is 24.2 Å². The number of aliphatic carboxylic acids is 1. The molecule has 1 unspecified atom stereocenters. The second-order valence-electron chi connectivity index (χ2n) is 7.99. The van der Waals surface area contributed by atoms with Gasteiger partial charge < -0.3 is 15.2 Å². The van der Waals surface area contributed by atoms with E-state index >= 15 is 0 Å². The van der Waals surface area contributed by atoms with Gasteiger partial charge in [-0.05, 0) is 23.3 Å². The van der Waals surface area contributed by atoms with Crippen LogP contribution in [0.3, 0.4) is 0 Å². The standard InChI is InChI=1S/C24H27N3O5/c28-22(25-9-10-26-11-13-32-14-12-26)16-27-21-8-4-3-6-18(21)20(15-23(29)30)17-5-1-2-7-19(17)24(27)31/h1-8,20H,9-16H2,(H,25,28)(H,29,30). The Labute approximate surface area is 186 Å². The molecule has 1 saturated heterocycles. The number of carboxylic acid groups (broad SMARTS) is 1. The number of hydrogen-bond donors (Lipinski definition) is 2. The summed E-state index contributed by atoms with van der Waals surface area (Å²) in [5, 5.41) is 12.4. The van der Waals surface area contributed by atoms with Crippen LogP contribution in [-0.4, -0.2) is 73.7 Å². The number of fused-ring (bicyclic) bond motifs is 2. The van der Waals surface area contributed by atoms with E-state index in [1.165, 1.54) is 4.90 Å². The first-order valence-electron chi connectivity index (χ1n) is 10.8. The summed E-state index contributed by atoms with van der Waals surface area (Å²) in [6.07, 6.45) is -0.138. The zero-order valence-electron chi connectivity index (χ0n) is 17.8. The number of nitrogens with one attached hydrogen (secondary N) is 1. The van der Waals surface area contributed by atoms with Gasteiger partial charge >= 0.3 is 5.97 Å². The summed E-state index contributed by atoms with van der Waals surface area (Å²) >= 11 is 0. The highest BCUT2D eigenvalue weighted by Crippen LogP contribution is 2.40. The highest BCUT2D eigenvalue weighted by Gasteiger charge is 2.34. The summed E-state index contributed by atoms with van der Waals surface area (Å²) in [6, 6.07) is 14.3. The topological polar surface area (TPSA) is 99.2 Å². The SMILES string of the molecule is O=C(O)CC1c2ccccc2C(=O)N(CC(=O)NCCN2CCOCC2)c2ccccc21. The number of anilines is 1. The molecule has 0 saturated carbocycles. The van der Waals surface area contributed by atoms with Crippen molar-refractivity contribution in [3.63, 3.8) is 0 Å². The predicted molar refractivity (Wildman–Crippen MR) is 119 cm³/mol. The monoisotopic (exact) mass is 437 g/mol. The van der Waals surface area contributed by atoms with Crippen molar-refractivity contribution >= 4 is 23.5 Å². The maximum atomic E-state index is 13.5. The molecule has 32 heavy (non-hydrogen) atoms. The molecule has 0 radical (unpaired) electrons. The molecule has 2 N–H and O–H groups in total. The molecule has 1 atom stereocenters. The first-order chi connectivity index (χ1) is 15.5. The van der Waals surface area contributed by atoms with E-state index in [1.54, 1.807) is 36.4 Å². The van der Waals surface area contributed by atoms with Crippen molar-refractivity contribution in [1.82, 2.24) is 10.2 Å². The van der Waals surface area contributed by atoms with Crippen LogP contribution in [0.4, 0.5) is 5.69 Å². The lowest BCUT2D eigenvalue weighted by molar-refractivity contribution is -0.137. The van der Waals surface area contributed by atoms with Crippen molar-refractivity contribution in [1.29, 1.82) is 0 Å². The summed E-state index contributed by atoms with van der Waals surface area (Å²) < 4.78 is 5.34. The lowest BCUT2D eigenvalue weighted by atomic mass is 9.86. The van der Waals surface area contributed by atoms with Gasteiger partial charge in [0.05, 0.1) is 19.6 Å². The van der Waals surface area contributed by atoms with Crippen molar-refractivity contribution in [2.45, 2.75) is 12.3 Å². The Morgan fingerprint density at radius 1 is 1.03 bits per heavy atom. The fourth-order valence-corrected chi connectivity index (χ4v) is 4.38. The molecule has 1 fully saturated rings. The molecule has 2 amide bonds. The molecule has 2 aliphatic rings. The number of ether oxygens (including phenoxy) is 1. The largest absolute Gasteiger partial charge is 0.481 e. The molecule has 0 aliphatic carbocycles. The molecule has 2 heterocycles. The van der Waals surface area contributed by atoms with E-state index in [-0.39, 0.29) is 24.8 Å². The van der Waals surface area contributed by atoms with E-state index in [1.807, 2.05) is 12.1 Å². The number of rotatable bonds is 7. The minimum Gasteiger partial charge on any atom is -0.481 e. The third kappa shape index (κ3) is 4.81. The normalized spacial score (nSPS) is 18.4. The lowest BCUT2D eigenvalue weighted by Gasteiger charge is -2.27. The molecule has 2 aromatic carbocycles. The van der Waals surface area contributed by atoms with Crippen LogP contribution in [0.5, 0.6) is 0 Å². The van der Waals surface area contributed by atoms with Crippen LogP contribution in [0, 0.1) is 0 Å². The number of carbonyl (C=O) groups is 3. The molecule has 0 bridgehead atoms. The average molecular weight is 437 g/mol. The number of carbonyl (C=O) groups excluding carboxylic acids is 2. The molecule has 2 aromatic rings. The van der Waals surface area contributed by atoms with Gasteiger partial charge in [-0.2, -0.15) is 0 Å². The van der Waals surface area contributed by atoms with Gasteiger partial charge in [0.25, 0.3) is 5.91 Å². The minimum atomic E-state index is -0.943. The smallest absolute Gasteiger partial charge is 0.304 e. The summed E-state index contributed by atoms with van der Waals surface area (Å²) in [5.74, 6) is -1.97. The number of morpholine rings is 1. The minimum absolute atomic E-state index is 0.132. The maximum Gasteiger partial charge on any atom is 0.304 e. The summed E-state index contributed by atoms with van der Waals surface area (Å²) in [5.41, 5.74) is 2.40. The first-order valence-corrected chi connectivity index (χ1v) is 10.8. The Hall–Kier alpha value is -3.23. The lowest BCUT2D eigenvalue weighted by Crippen LogP contribution is -2.45. The van der Waals surface area contributed by atoms with Gasteiger partial charge in [0.1, 0.15) is 6.54 Å². The van der Waals surface area contributed by atoms with Crippen molar-refractivity contribution in [2.24, 2.45) is 0 Å². The molecule has 2 aliphatic heterocycles. The van der Waals surface area contributed by atoms with E-state index in [9.17, 15) is 19.5 Å². The van der Waals surface area contributed by atoms with E-state index in [0.29, 0.717) is 36.6 Å². The Morgan fingerprint density at radius 3 is 2.47 bits per heavy atom.